The first-order chi connectivity index (χ1) is 13.0. The summed E-state index contributed by atoms with van der Waals surface area (Å²) in [5, 5.41) is 6.18. The molecule has 1 atom stereocenters. The van der Waals surface area contributed by atoms with Crippen molar-refractivity contribution in [3.8, 4) is 0 Å². The Morgan fingerprint density at radius 1 is 1.26 bits per heavy atom. The van der Waals surface area contributed by atoms with Gasteiger partial charge in [-0.1, -0.05) is 0 Å². The fourth-order valence-corrected chi connectivity index (χ4v) is 4.46. The molecule has 2 N–H and O–H groups in total. The van der Waals surface area contributed by atoms with Crippen molar-refractivity contribution >= 4 is 11.9 Å². The molecular weight excluding hydrogens is 342 g/mol. The van der Waals surface area contributed by atoms with Crippen LogP contribution in [0.5, 0.6) is 0 Å². The first-order valence-corrected chi connectivity index (χ1v) is 10.3. The fourth-order valence-electron chi connectivity index (χ4n) is 4.46. The lowest BCUT2D eigenvalue weighted by Crippen LogP contribution is -2.43. The standard InChI is InChI=1S/C20H33N5O2/c1-5-24(6-2)20-23-17-12-22-13(3)11-16(17)19(27)25(20)15-9-7-14(8-10-15)18(26)21-4/h13-15,22H,5-12H2,1-4H3,(H,21,26)/t13-,14?,15?/m1/s1. The van der Waals surface area contributed by atoms with Crippen molar-refractivity contribution in [1.29, 1.82) is 0 Å². The topological polar surface area (TPSA) is 79.3 Å². The molecule has 3 rings (SSSR count). The maximum absolute atomic E-state index is 13.5. The van der Waals surface area contributed by atoms with Crippen LogP contribution in [0.4, 0.5) is 5.95 Å². The number of rotatable bonds is 5. The largest absolute Gasteiger partial charge is 0.359 e. The molecule has 7 nitrogen and oxygen atoms in total. The van der Waals surface area contributed by atoms with E-state index in [0.717, 1.165) is 62.4 Å². The molecule has 1 amide bonds. The van der Waals surface area contributed by atoms with E-state index in [4.69, 9.17) is 4.98 Å². The summed E-state index contributed by atoms with van der Waals surface area (Å²) in [6, 6.07) is 0.417. The highest BCUT2D eigenvalue weighted by Crippen LogP contribution is 2.34. The van der Waals surface area contributed by atoms with E-state index in [1.807, 2.05) is 4.57 Å². The highest BCUT2D eigenvalue weighted by Gasteiger charge is 2.31. The molecule has 0 radical (unpaired) electrons. The monoisotopic (exact) mass is 375 g/mol. The van der Waals surface area contributed by atoms with Crippen molar-refractivity contribution in [2.24, 2.45) is 5.92 Å². The van der Waals surface area contributed by atoms with Gasteiger partial charge in [0.05, 0.1) is 5.69 Å². The predicted molar refractivity (Wildman–Crippen MR) is 107 cm³/mol. The summed E-state index contributed by atoms with van der Waals surface area (Å²) >= 11 is 0. The molecule has 0 unspecified atom stereocenters. The van der Waals surface area contributed by atoms with Gasteiger partial charge in [-0.05, 0) is 52.9 Å². The first-order valence-electron chi connectivity index (χ1n) is 10.3. The Morgan fingerprint density at radius 2 is 1.93 bits per heavy atom. The molecule has 1 aliphatic heterocycles. The number of carbonyl (C=O) groups excluding carboxylic acids is 1. The molecule has 1 fully saturated rings. The van der Waals surface area contributed by atoms with Gasteiger partial charge in [-0.3, -0.25) is 14.2 Å². The third kappa shape index (κ3) is 3.88. The van der Waals surface area contributed by atoms with Crippen LogP contribution in [0.2, 0.25) is 0 Å². The lowest BCUT2D eigenvalue weighted by Gasteiger charge is -2.34. The zero-order valence-corrected chi connectivity index (χ0v) is 17.0. The number of fused-ring (bicyclic) bond motifs is 1. The van der Waals surface area contributed by atoms with E-state index in [1.54, 1.807) is 7.05 Å². The normalized spacial score (nSPS) is 25.0. The lowest BCUT2D eigenvalue weighted by atomic mass is 9.85. The number of nitrogens with zero attached hydrogens (tertiary/aromatic N) is 3. The molecule has 0 bridgehead atoms. The van der Waals surface area contributed by atoms with E-state index in [2.05, 4.69) is 36.3 Å². The molecule has 0 spiro atoms. The van der Waals surface area contributed by atoms with E-state index < -0.39 is 0 Å². The van der Waals surface area contributed by atoms with Crippen LogP contribution in [0.3, 0.4) is 0 Å². The predicted octanol–water partition coefficient (Wildman–Crippen LogP) is 1.60. The molecule has 1 saturated carbocycles. The second-order valence-electron chi connectivity index (χ2n) is 7.79. The third-order valence-corrected chi connectivity index (χ3v) is 6.13. The second-order valence-corrected chi connectivity index (χ2v) is 7.79. The Bertz CT molecular complexity index is 733. The van der Waals surface area contributed by atoms with Crippen LogP contribution in [0.1, 0.15) is 63.8 Å². The molecule has 0 saturated heterocycles. The van der Waals surface area contributed by atoms with Crippen LogP contribution in [-0.4, -0.2) is 41.6 Å². The summed E-state index contributed by atoms with van der Waals surface area (Å²) in [7, 11) is 1.69. The van der Waals surface area contributed by atoms with Crippen LogP contribution in [0.15, 0.2) is 4.79 Å². The molecule has 2 heterocycles. The van der Waals surface area contributed by atoms with Crippen LogP contribution in [0, 0.1) is 5.92 Å². The van der Waals surface area contributed by atoms with Gasteiger partial charge in [-0.2, -0.15) is 0 Å². The van der Waals surface area contributed by atoms with Gasteiger partial charge in [0.15, 0.2) is 0 Å². The minimum atomic E-state index is 0.0636. The number of anilines is 1. The summed E-state index contributed by atoms with van der Waals surface area (Å²) in [5.74, 6) is 0.977. The quantitative estimate of drug-likeness (QED) is 0.817. The second kappa shape index (κ2) is 8.42. The average Bonchev–Trinajstić information content (AvgIpc) is 2.69. The number of carbonyl (C=O) groups is 1. The van der Waals surface area contributed by atoms with E-state index in [-0.39, 0.29) is 23.4 Å². The first kappa shape index (κ1) is 19.9. The minimum absolute atomic E-state index is 0.0636. The molecule has 150 valence electrons. The number of hydrogen-bond acceptors (Lipinski definition) is 5. The van der Waals surface area contributed by atoms with E-state index in [9.17, 15) is 9.59 Å². The molecule has 1 aliphatic carbocycles. The van der Waals surface area contributed by atoms with Crippen molar-refractivity contribution in [2.45, 2.75) is 71.5 Å². The Morgan fingerprint density at radius 3 is 2.52 bits per heavy atom. The lowest BCUT2D eigenvalue weighted by molar-refractivity contribution is -0.125. The van der Waals surface area contributed by atoms with Crippen LogP contribution in [-0.2, 0) is 17.8 Å². The smallest absolute Gasteiger partial charge is 0.258 e. The van der Waals surface area contributed by atoms with Crippen molar-refractivity contribution in [2.75, 3.05) is 25.0 Å². The Labute approximate surface area is 161 Å². The van der Waals surface area contributed by atoms with Gasteiger partial charge in [0.25, 0.3) is 5.56 Å². The van der Waals surface area contributed by atoms with E-state index >= 15 is 0 Å². The highest BCUT2D eigenvalue weighted by atomic mass is 16.2. The molecule has 7 heteroatoms. The zero-order chi connectivity index (χ0) is 19.6. The van der Waals surface area contributed by atoms with Gasteiger partial charge in [0.2, 0.25) is 11.9 Å². The summed E-state index contributed by atoms with van der Waals surface area (Å²) in [6.45, 7) is 8.60. The average molecular weight is 376 g/mol. The molecular formula is C20H33N5O2. The third-order valence-electron chi connectivity index (χ3n) is 6.13. The maximum Gasteiger partial charge on any atom is 0.258 e. The highest BCUT2D eigenvalue weighted by molar-refractivity contribution is 5.78. The molecule has 1 aromatic rings. The molecule has 2 aliphatic rings. The summed E-state index contributed by atoms with van der Waals surface area (Å²) in [6.07, 6.45) is 4.07. The molecule has 27 heavy (non-hydrogen) atoms. The summed E-state index contributed by atoms with van der Waals surface area (Å²) < 4.78 is 1.95. The van der Waals surface area contributed by atoms with Gasteiger partial charge in [0, 0.05) is 50.2 Å². The summed E-state index contributed by atoms with van der Waals surface area (Å²) in [5.41, 5.74) is 1.89. The van der Waals surface area contributed by atoms with E-state index in [0.29, 0.717) is 12.6 Å². The van der Waals surface area contributed by atoms with Gasteiger partial charge in [-0.15, -0.1) is 0 Å². The van der Waals surface area contributed by atoms with Gasteiger partial charge < -0.3 is 15.5 Å². The summed E-state index contributed by atoms with van der Waals surface area (Å²) in [4.78, 5) is 32.6. The van der Waals surface area contributed by atoms with Gasteiger partial charge in [0.1, 0.15) is 0 Å². The Hall–Kier alpha value is -1.89. The zero-order valence-electron chi connectivity index (χ0n) is 17.0. The molecule has 0 aromatic carbocycles. The fraction of sp³-hybridized carbons (Fsp3) is 0.750. The van der Waals surface area contributed by atoms with Crippen molar-refractivity contribution in [3.63, 3.8) is 0 Å². The van der Waals surface area contributed by atoms with Crippen LogP contribution < -0.4 is 21.1 Å². The number of nitrogens with one attached hydrogen (secondary N) is 2. The minimum Gasteiger partial charge on any atom is -0.359 e. The van der Waals surface area contributed by atoms with E-state index in [1.165, 1.54) is 0 Å². The Balaban J connectivity index is 1.99. The van der Waals surface area contributed by atoms with Crippen molar-refractivity contribution in [3.05, 3.63) is 21.6 Å². The maximum atomic E-state index is 13.5. The van der Waals surface area contributed by atoms with Crippen molar-refractivity contribution in [1.82, 2.24) is 20.2 Å². The van der Waals surface area contributed by atoms with Crippen LogP contribution in [0.25, 0.3) is 0 Å². The SMILES string of the molecule is CCN(CC)c1nc2c(c(=O)n1C1CCC(C(=O)NC)CC1)C[C@@H](C)NC2. The van der Waals surface area contributed by atoms with Gasteiger partial charge >= 0.3 is 0 Å². The molecule has 1 aromatic heterocycles. The number of hydrogen-bond donors (Lipinski definition) is 2. The number of aromatic nitrogens is 2. The van der Waals surface area contributed by atoms with Gasteiger partial charge in [-0.25, -0.2) is 4.98 Å². The number of amides is 1. The van der Waals surface area contributed by atoms with Crippen LogP contribution >= 0.6 is 0 Å². The van der Waals surface area contributed by atoms with Crippen molar-refractivity contribution < 1.29 is 4.79 Å². The Kier molecular flexibility index (Phi) is 6.19.